The lowest BCUT2D eigenvalue weighted by Crippen LogP contribution is -2.30. The molecular formula is C16H20N2O. The molecule has 1 amide bonds. The third-order valence-corrected chi connectivity index (χ3v) is 4.07. The Morgan fingerprint density at radius 3 is 3.00 bits per heavy atom. The van der Waals surface area contributed by atoms with Gasteiger partial charge in [0, 0.05) is 23.6 Å². The van der Waals surface area contributed by atoms with Gasteiger partial charge in [-0.2, -0.15) is 0 Å². The summed E-state index contributed by atoms with van der Waals surface area (Å²) in [6, 6.07) is 8.10. The van der Waals surface area contributed by atoms with Crippen molar-refractivity contribution in [2.45, 2.75) is 26.2 Å². The van der Waals surface area contributed by atoms with Crippen LogP contribution in [-0.2, 0) is 11.2 Å². The lowest BCUT2D eigenvalue weighted by atomic mass is 10.1. The van der Waals surface area contributed by atoms with E-state index in [1.54, 1.807) is 0 Å². The van der Waals surface area contributed by atoms with Crippen LogP contribution in [0.25, 0.3) is 10.9 Å². The fourth-order valence-corrected chi connectivity index (χ4v) is 2.62. The van der Waals surface area contributed by atoms with Gasteiger partial charge < -0.3 is 10.3 Å². The van der Waals surface area contributed by atoms with Crippen LogP contribution in [0.5, 0.6) is 0 Å². The van der Waals surface area contributed by atoms with Crippen LogP contribution in [0.3, 0.4) is 0 Å². The Hall–Kier alpha value is -1.77. The van der Waals surface area contributed by atoms with Crippen LogP contribution in [0.4, 0.5) is 0 Å². The van der Waals surface area contributed by atoms with Crippen molar-refractivity contribution in [3.05, 3.63) is 36.0 Å². The number of rotatable bonds is 5. The van der Waals surface area contributed by atoms with Gasteiger partial charge in [-0.05, 0) is 36.3 Å². The molecular weight excluding hydrogens is 236 g/mol. The number of hydrogen-bond donors (Lipinski definition) is 2. The average Bonchev–Trinajstić information content (AvgIpc) is 3.20. The van der Waals surface area contributed by atoms with E-state index in [1.807, 2.05) is 24.4 Å². The molecule has 1 saturated carbocycles. The maximum Gasteiger partial charge on any atom is 0.224 e. The lowest BCUT2D eigenvalue weighted by molar-refractivity contribution is -0.120. The molecule has 0 spiro atoms. The molecule has 3 heteroatoms. The summed E-state index contributed by atoms with van der Waals surface area (Å²) in [5.74, 6) is 1.58. The molecule has 3 nitrogen and oxygen atoms in total. The van der Waals surface area contributed by atoms with Crippen molar-refractivity contribution in [1.29, 1.82) is 0 Å². The number of H-pyrrole nitrogens is 1. The Balaban J connectivity index is 1.59. The Bertz CT molecular complexity index is 583. The van der Waals surface area contributed by atoms with E-state index < -0.39 is 0 Å². The van der Waals surface area contributed by atoms with Crippen molar-refractivity contribution in [2.75, 3.05) is 6.54 Å². The van der Waals surface area contributed by atoms with E-state index in [2.05, 4.69) is 23.3 Å². The van der Waals surface area contributed by atoms with Gasteiger partial charge in [-0.15, -0.1) is 0 Å². The van der Waals surface area contributed by atoms with Crippen LogP contribution < -0.4 is 5.32 Å². The molecule has 100 valence electrons. The first kappa shape index (κ1) is 12.3. The predicted octanol–water partition coefficient (Wildman–Crippen LogP) is 2.87. The van der Waals surface area contributed by atoms with E-state index in [9.17, 15) is 4.79 Å². The zero-order chi connectivity index (χ0) is 13.2. The second-order valence-electron chi connectivity index (χ2n) is 5.66. The van der Waals surface area contributed by atoms with E-state index in [1.165, 1.54) is 12.8 Å². The van der Waals surface area contributed by atoms with Crippen LogP contribution in [0, 0.1) is 11.8 Å². The summed E-state index contributed by atoms with van der Waals surface area (Å²) in [5, 5.41) is 4.20. The number of aromatic nitrogens is 1. The van der Waals surface area contributed by atoms with E-state index >= 15 is 0 Å². The summed E-state index contributed by atoms with van der Waals surface area (Å²) in [6.07, 6.45) is 5.06. The van der Waals surface area contributed by atoms with E-state index in [0.717, 1.165) is 28.9 Å². The van der Waals surface area contributed by atoms with Gasteiger partial charge in [0.15, 0.2) is 0 Å². The first-order valence-corrected chi connectivity index (χ1v) is 7.05. The van der Waals surface area contributed by atoms with Crippen molar-refractivity contribution in [3.63, 3.8) is 0 Å². The summed E-state index contributed by atoms with van der Waals surface area (Å²) in [6.45, 7) is 3.04. The van der Waals surface area contributed by atoms with Gasteiger partial charge in [0.05, 0.1) is 6.42 Å². The van der Waals surface area contributed by atoms with Crippen LogP contribution in [0.2, 0.25) is 0 Å². The number of fused-ring (bicyclic) bond motifs is 1. The smallest absolute Gasteiger partial charge is 0.224 e. The van der Waals surface area contributed by atoms with Crippen LogP contribution in [0.1, 0.15) is 25.3 Å². The minimum atomic E-state index is 0.122. The third kappa shape index (κ3) is 2.80. The quantitative estimate of drug-likeness (QED) is 0.849. The number of aromatic amines is 1. The van der Waals surface area contributed by atoms with Gasteiger partial charge in [-0.3, -0.25) is 4.79 Å². The van der Waals surface area contributed by atoms with E-state index in [4.69, 9.17) is 0 Å². The molecule has 0 saturated heterocycles. The maximum absolute atomic E-state index is 12.0. The van der Waals surface area contributed by atoms with Gasteiger partial charge in [-0.1, -0.05) is 25.1 Å². The summed E-state index contributed by atoms with van der Waals surface area (Å²) in [7, 11) is 0. The molecule has 3 rings (SSSR count). The van der Waals surface area contributed by atoms with Gasteiger partial charge >= 0.3 is 0 Å². The monoisotopic (exact) mass is 256 g/mol. The molecule has 1 aromatic carbocycles. The standard InChI is InChI=1S/C16H20N2O/c1-11(12-6-7-12)9-18-16(19)8-13-10-17-15-5-3-2-4-14(13)15/h2-5,10-12,17H,6-9H2,1H3,(H,18,19). The second kappa shape index (κ2) is 5.08. The fourth-order valence-electron chi connectivity index (χ4n) is 2.62. The van der Waals surface area contributed by atoms with Gasteiger partial charge in [-0.25, -0.2) is 0 Å². The molecule has 1 atom stereocenters. The number of hydrogen-bond acceptors (Lipinski definition) is 1. The zero-order valence-electron chi connectivity index (χ0n) is 11.3. The van der Waals surface area contributed by atoms with Gasteiger partial charge in [0.1, 0.15) is 0 Å². The number of carbonyl (C=O) groups is 1. The highest BCUT2D eigenvalue weighted by Crippen LogP contribution is 2.36. The number of benzene rings is 1. The Morgan fingerprint density at radius 1 is 1.42 bits per heavy atom. The van der Waals surface area contributed by atoms with Crippen molar-refractivity contribution >= 4 is 16.8 Å². The van der Waals surface area contributed by atoms with E-state index in [-0.39, 0.29) is 5.91 Å². The predicted molar refractivity (Wildman–Crippen MR) is 76.9 cm³/mol. The summed E-state index contributed by atoms with van der Waals surface area (Å²) < 4.78 is 0. The molecule has 2 N–H and O–H groups in total. The van der Waals surface area contributed by atoms with Gasteiger partial charge in [0.25, 0.3) is 0 Å². The lowest BCUT2D eigenvalue weighted by Gasteiger charge is -2.11. The third-order valence-electron chi connectivity index (χ3n) is 4.07. The summed E-state index contributed by atoms with van der Waals surface area (Å²) >= 11 is 0. The Morgan fingerprint density at radius 2 is 2.21 bits per heavy atom. The molecule has 2 aromatic rings. The van der Waals surface area contributed by atoms with Crippen LogP contribution in [0.15, 0.2) is 30.5 Å². The number of nitrogens with one attached hydrogen (secondary N) is 2. The average molecular weight is 256 g/mol. The second-order valence-corrected chi connectivity index (χ2v) is 5.66. The Kier molecular flexibility index (Phi) is 3.28. The SMILES string of the molecule is CC(CNC(=O)Cc1c[nH]c2ccccc12)C1CC1. The number of para-hydroxylation sites is 1. The molecule has 19 heavy (non-hydrogen) atoms. The summed E-state index contributed by atoms with van der Waals surface area (Å²) in [5.41, 5.74) is 2.17. The molecule has 1 aliphatic carbocycles. The normalized spacial score (nSPS) is 16.5. The van der Waals surface area contributed by atoms with Crippen molar-refractivity contribution in [1.82, 2.24) is 10.3 Å². The molecule has 0 bridgehead atoms. The number of amides is 1. The van der Waals surface area contributed by atoms with Crippen molar-refractivity contribution in [3.8, 4) is 0 Å². The molecule has 1 aromatic heterocycles. The highest BCUT2D eigenvalue weighted by Gasteiger charge is 2.27. The minimum Gasteiger partial charge on any atom is -0.361 e. The molecule has 0 aliphatic heterocycles. The molecule has 1 heterocycles. The molecule has 0 radical (unpaired) electrons. The van der Waals surface area contributed by atoms with Crippen LogP contribution >= 0.6 is 0 Å². The number of carbonyl (C=O) groups excluding carboxylic acids is 1. The van der Waals surface area contributed by atoms with Gasteiger partial charge in [0.2, 0.25) is 5.91 Å². The highest BCUT2D eigenvalue weighted by atomic mass is 16.1. The van der Waals surface area contributed by atoms with Crippen LogP contribution in [-0.4, -0.2) is 17.4 Å². The van der Waals surface area contributed by atoms with Crippen molar-refractivity contribution in [2.24, 2.45) is 11.8 Å². The largest absolute Gasteiger partial charge is 0.361 e. The molecule has 1 aliphatic rings. The highest BCUT2D eigenvalue weighted by molar-refractivity contribution is 5.88. The van der Waals surface area contributed by atoms with E-state index in [0.29, 0.717) is 12.3 Å². The first-order chi connectivity index (χ1) is 9.24. The fraction of sp³-hybridized carbons (Fsp3) is 0.438. The summed E-state index contributed by atoms with van der Waals surface area (Å²) in [4.78, 5) is 15.2. The minimum absolute atomic E-state index is 0.122. The maximum atomic E-state index is 12.0. The Labute approximate surface area is 113 Å². The topological polar surface area (TPSA) is 44.9 Å². The van der Waals surface area contributed by atoms with Crippen molar-refractivity contribution < 1.29 is 4.79 Å². The molecule has 1 unspecified atom stereocenters. The molecule has 1 fully saturated rings. The first-order valence-electron chi connectivity index (χ1n) is 7.05. The zero-order valence-corrected chi connectivity index (χ0v) is 11.3.